The molecule has 0 aromatic heterocycles. The van der Waals surface area contributed by atoms with Gasteiger partial charge in [0.15, 0.2) is 17.3 Å². The third-order valence-electron chi connectivity index (χ3n) is 6.91. The van der Waals surface area contributed by atoms with Crippen LogP contribution in [0.5, 0.6) is 11.5 Å². The van der Waals surface area contributed by atoms with Crippen LogP contribution in [0.15, 0.2) is 58.7 Å². The predicted octanol–water partition coefficient (Wildman–Crippen LogP) is 5.86. The molecule has 0 saturated carbocycles. The Morgan fingerprint density at radius 1 is 1.00 bits per heavy atom. The average molecular weight is 516 g/mol. The van der Waals surface area contributed by atoms with Crippen LogP contribution < -0.4 is 9.47 Å². The quantitative estimate of drug-likeness (QED) is 0.451. The maximum absolute atomic E-state index is 13.6. The smallest absolute Gasteiger partial charge is 0.416 e. The Hall–Kier alpha value is -3.62. The number of ketones is 1. The molecular formula is C28H28F3NO5. The predicted molar refractivity (Wildman–Crippen MR) is 131 cm³/mol. The number of carbonyl (C=O) groups excluding carboxylic acids is 2. The SMILES string of the molecule is CCOC(=O)C1C(C)=NC2=C(C(=O)C[C@@H](c3ccc(OC)c(OC)c3)C2)[C@@H]1c1ccc(C(F)(F)F)cc1. The molecule has 0 fully saturated rings. The molecule has 0 bridgehead atoms. The fraction of sp³-hybridized carbons (Fsp3) is 0.393. The molecule has 2 aromatic carbocycles. The molecule has 2 aromatic rings. The first kappa shape index (κ1) is 26.4. The van der Waals surface area contributed by atoms with E-state index in [9.17, 15) is 22.8 Å². The minimum atomic E-state index is -4.50. The van der Waals surface area contributed by atoms with E-state index in [1.165, 1.54) is 19.2 Å². The lowest BCUT2D eigenvalue weighted by molar-refractivity contribution is -0.146. The van der Waals surface area contributed by atoms with E-state index in [-0.39, 0.29) is 24.7 Å². The summed E-state index contributed by atoms with van der Waals surface area (Å²) in [5.41, 5.74) is 1.87. The summed E-state index contributed by atoms with van der Waals surface area (Å²) in [6.45, 7) is 3.49. The van der Waals surface area contributed by atoms with Crippen molar-refractivity contribution in [1.29, 1.82) is 0 Å². The van der Waals surface area contributed by atoms with E-state index < -0.39 is 29.5 Å². The monoisotopic (exact) mass is 515 g/mol. The largest absolute Gasteiger partial charge is 0.493 e. The molecule has 0 spiro atoms. The molecule has 1 aliphatic heterocycles. The van der Waals surface area contributed by atoms with Crippen molar-refractivity contribution in [3.05, 3.63) is 70.4 Å². The van der Waals surface area contributed by atoms with Gasteiger partial charge in [0.1, 0.15) is 5.92 Å². The van der Waals surface area contributed by atoms with Gasteiger partial charge in [-0.25, -0.2) is 0 Å². The topological polar surface area (TPSA) is 74.2 Å². The Balaban J connectivity index is 1.78. The molecule has 3 atom stereocenters. The zero-order chi connectivity index (χ0) is 26.9. The Morgan fingerprint density at radius 2 is 1.65 bits per heavy atom. The molecule has 1 heterocycles. The van der Waals surface area contributed by atoms with Crippen LogP contribution in [-0.4, -0.2) is 38.3 Å². The number of ether oxygens (including phenoxy) is 3. The molecule has 0 amide bonds. The van der Waals surface area contributed by atoms with Gasteiger partial charge in [-0.3, -0.25) is 14.6 Å². The van der Waals surface area contributed by atoms with Crippen molar-refractivity contribution >= 4 is 17.5 Å². The van der Waals surface area contributed by atoms with E-state index in [4.69, 9.17) is 14.2 Å². The zero-order valence-electron chi connectivity index (χ0n) is 21.0. The molecule has 37 heavy (non-hydrogen) atoms. The first-order chi connectivity index (χ1) is 17.6. The van der Waals surface area contributed by atoms with Crippen LogP contribution in [-0.2, 0) is 20.5 Å². The number of aliphatic imine (C=N–C) groups is 1. The number of methoxy groups -OCH3 is 2. The first-order valence-electron chi connectivity index (χ1n) is 12.0. The summed E-state index contributed by atoms with van der Waals surface area (Å²) < 4.78 is 55.6. The maximum Gasteiger partial charge on any atom is 0.416 e. The number of nitrogens with zero attached hydrogens (tertiary/aromatic N) is 1. The number of hydrogen-bond acceptors (Lipinski definition) is 6. The summed E-state index contributed by atoms with van der Waals surface area (Å²) in [6, 6.07) is 10.1. The number of halogens is 3. The number of allylic oxidation sites excluding steroid dienone is 2. The number of rotatable bonds is 6. The molecule has 1 aliphatic carbocycles. The van der Waals surface area contributed by atoms with Crippen LogP contribution in [0, 0.1) is 5.92 Å². The van der Waals surface area contributed by atoms with Gasteiger partial charge in [-0.15, -0.1) is 0 Å². The number of benzene rings is 2. The summed E-state index contributed by atoms with van der Waals surface area (Å²) in [6.07, 6.45) is -3.91. The van der Waals surface area contributed by atoms with Crippen molar-refractivity contribution in [2.45, 2.75) is 44.7 Å². The highest BCUT2D eigenvalue weighted by Crippen LogP contribution is 2.48. The molecule has 6 nitrogen and oxygen atoms in total. The third kappa shape index (κ3) is 5.12. The fourth-order valence-corrected chi connectivity index (χ4v) is 5.18. The minimum absolute atomic E-state index is 0.129. The van der Waals surface area contributed by atoms with Gasteiger partial charge in [0.05, 0.1) is 26.4 Å². The lowest BCUT2D eigenvalue weighted by atomic mass is 9.69. The van der Waals surface area contributed by atoms with Gasteiger partial charge >= 0.3 is 12.1 Å². The number of esters is 1. The molecule has 0 N–H and O–H groups in total. The molecule has 0 radical (unpaired) electrons. The zero-order valence-corrected chi connectivity index (χ0v) is 21.0. The molecule has 1 unspecified atom stereocenters. The lowest BCUT2D eigenvalue weighted by Gasteiger charge is -2.36. The summed E-state index contributed by atoms with van der Waals surface area (Å²) in [5.74, 6) is -1.52. The van der Waals surface area contributed by atoms with Gasteiger partial charge in [0.2, 0.25) is 0 Å². The van der Waals surface area contributed by atoms with E-state index >= 15 is 0 Å². The van der Waals surface area contributed by atoms with Crippen molar-refractivity contribution in [3.63, 3.8) is 0 Å². The molecule has 196 valence electrons. The van der Waals surface area contributed by atoms with E-state index in [0.717, 1.165) is 17.7 Å². The van der Waals surface area contributed by atoms with Gasteiger partial charge in [-0.1, -0.05) is 18.2 Å². The summed E-state index contributed by atoms with van der Waals surface area (Å²) in [5, 5.41) is 0. The number of Topliss-reactive ketones (excluding diaryl/α,β-unsaturated/α-hetero) is 1. The van der Waals surface area contributed by atoms with Crippen LogP contribution in [0.4, 0.5) is 13.2 Å². The Kier molecular flexibility index (Phi) is 7.43. The molecule has 2 aliphatic rings. The Labute approximate surface area is 213 Å². The van der Waals surface area contributed by atoms with E-state index in [0.29, 0.717) is 40.5 Å². The second-order valence-electron chi connectivity index (χ2n) is 9.08. The highest BCUT2D eigenvalue weighted by atomic mass is 19.4. The highest BCUT2D eigenvalue weighted by molar-refractivity contribution is 6.09. The number of alkyl halides is 3. The van der Waals surface area contributed by atoms with Crippen LogP contribution in [0.25, 0.3) is 0 Å². The van der Waals surface area contributed by atoms with Gasteiger partial charge in [-0.05, 0) is 61.6 Å². The van der Waals surface area contributed by atoms with E-state index in [1.807, 2.05) is 12.1 Å². The first-order valence-corrected chi connectivity index (χ1v) is 12.0. The summed E-state index contributed by atoms with van der Waals surface area (Å²) in [4.78, 5) is 31.3. The third-order valence-corrected chi connectivity index (χ3v) is 6.91. The van der Waals surface area contributed by atoms with Crippen LogP contribution in [0.2, 0.25) is 0 Å². The fourth-order valence-electron chi connectivity index (χ4n) is 5.18. The van der Waals surface area contributed by atoms with Crippen molar-refractivity contribution in [2.75, 3.05) is 20.8 Å². The van der Waals surface area contributed by atoms with Crippen molar-refractivity contribution in [2.24, 2.45) is 10.9 Å². The minimum Gasteiger partial charge on any atom is -0.493 e. The van der Waals surface area contributed by atoms with E-state index in [1.54, 1.807) is 27.0 Å². The number of hydrogen-bond donors (Lipinski definition) is 0. The van der Waals surface area contributed by atoms with Crippen LogP contribution in [0.1, 0.15) is 55.2 Å². The van der Waals surface area contributed by atoms with Crippen molar-refractivity contribution in [3.8, 4) is 11.5 Å². The van der Waals surface area contributed by atoms with Crippen molar-refractivity contribution in [1.82, 2.24) is 0 Å². The second-order valence-corrected chi connectivity index (χ2v) is 9.08. The van der Waals surface area contributed by atoms with Gasteiger partial charge in [0.25, 0.3) is 0 Å². The Bertz CT molecular complexity index is 1260. The normalized spacial score (nSPS) is 21.8. The molecule has 9 heteroatoms. The summed E-state index contributed by atoms with van der Waals surface area (Å²) in [7, 11) is 3.08. The summed E-state index contributed by atoms with van der Waals surface area (Å²) >= 11 is 0. The highest BCUT2D eigenvalue weighted by Gasteiger charge is 2.45. The lowest BCUT2D eigenvalue weighted by Crippen LogP contribution is -2.38. The van der Waals surface area contributed by atoms with Crippen LogP contribution >= 0.6 is 0 Å². The maximum atomic E-state index is 13.6. The molecule has 4 rings (SSSR count). The number of carbonyl (C=O) groups is 2. The second kappa shape index (κ2) is 10.4. The van der Waals surface area contributed by atoms with Crippen LogP contribution in [0.3, 0.4) is 0 Å². The van der Waals surface area contributed by atoms with E-state index in [2.05, 4.69) is 4.99 Å². The van der Waals surface area contributed by atoms with Crippen molar-refractivity contribution < 1.29 is 37.0 Å². The van der Waals surface area contributed by atoms with Gasteiger partial charge in [-0.2, -0.15) is 13.2 Å². The molecule has 0 saturated heterocycles. The standard InChI is InChI=1S/C28H28F3NO5/c1-5-37-27(34)24-15(2)32-20-12-18(17-8-11-22(35-3)23(14-17)36-4)13-21(33)26(20)25(24)16-6-9-19(10-7-16)28(29,30)31/h6-11,14,18,24-25H,5,12-13H2,1-4H3/t18-,24?,25+/m0/s1. The van der Waals surface area contributed by atoms with Gasteiger partial charge < -0.3 is 14.2 Å². The van der Waals surface area contributed by atoms with Gasteiger partial charge in [0, 0.05) is 29.3 Å². The Morgan fingerprint density at radius 3 is 2.24 bits per heavy atom. The average Bonchev–Trinajstić information content (AvgIpc) is 2.86. The molecular weight excluding hydrogens is 487 g/mol.